The summed E-state index contributed by atoms with van der Waals surface area (Å²) in [7, 11) is 1.62. The van der Waals surface area contributed by atoms with Gasteiger partial charge in [-0.25, -0.2) is 0 Å². The Hall–Kier alpha value is -1.10. The lowest BCUT2D eigenvalue weighted by molar-refractivity contribution is -0.633. The second-order valence-electron chi connectivity index (χ2n) is 7.94. The van der Waals surface area contributed by atoms with Crippen molar-refractivity contribution in [2.75, 3.05) is 20.1 Å². The van der Waals surface area contributed by atoms with Crippen LogP contribution in [0.2, 0.25) is 0 Å². The average Bonchev–Trinajstić information content (AvgIpc) is 2.45. The summed E-state index contributed by atoms with van der Waals surface area (Å²) < 4.78 is 0. The predicted octanol–water partition coefficient (Wildman–Crippen LogP) is 0.0169. The lowest BCUT2D eigenvalue weighted by Gasteiger charge is -2.59. The van der Waals surface area contributed by atoms with Crippen LogP contribution in [-0.4, -0.2) is 38.0 Å². The van der Waals surface area contributed by atoms with Crippen LogP contribution in [0.3, 0.4) is 0 Å². The molecule has 0 aliphatic heterocycles. The first-order chi connectivity index (χ1) is 10.5. The Labute approximate surface area is 133 Å². The first-order valence-electron chi connectivity index (χ1n) is 8.82. The fourth-order valence-electron chi connectivity index (χ4n) is 5.60. The molecule has 0 heterocycles. The van der Waals surface area contributed by atoms with E-state index in [2.05, 4.69) is 17.6 Å². The minimum atomic E-state index is -0.0399. The van der Waals surface area contributed by atoms with E-state index >= 15 is 0 Å². The molecular weight excluding hydrogens is 278 g/mol. The zero-order valence-electron chi connectivity index (χ0n) is 13.9. The van der Waals surface area contributed by atoms with E-state index in [1.807, 2.05) is 0 Å². The van der Waals surface area contributed by atoms with Gasteiger partial charge in [0.15, 0.2) is 13.1 Å². The molecule has 5 heteroatoms. The lowest BCUT2D eigenvalue weighted by Crippen LogP contribution is -2.89. The summed E-state index contributed by atoms with van der Waals surface area (Å²) in [5.41, 5.74) is 0.352. The van der Waals surface area contributed by atoms with E-state index in [4.69, 9.17) is 0 Å². The van der Waals surface area contributed by atoms with Crippen LogP contribution in [0.5, 0.6) is 0 Å². The average molecular weight is 308 g/mol. The van der Waals surface area contributed by atoms with Crippen LogP contribution in [0.1, 0.15) is 45.4 Å². The summed E-state index contributed by atoms with van der Waals surface area (Å²) in [6, 6.07) is 0.266. The molecule has 124 valence electrons. The van der Waals surface area contributed by atoms with Gasteiger partial charge in [-0.15, -0.1) is 0 Å². The van der Waals surface area contributed by atoms with E-state index in [0.717, 1.165) is 17.8 Å². The quantitative estimate of drug-likeness (QED) is 0.647. The van der Waals surface area contributed by atoms with Crippen molar-refractivity contribution in [3.8, 4) is 0 Å². The number of rotatable bonds is 6. The highest BCUT2D eigenvalue weighted by atomic mass is 16.2. The molecule has 0 aromatic carbocycles. The van der Waals surface area contributed by atoms with Crippen molar-refractivity contribution in [1.82, 2.24) is 10.6 Å². The molecule has 22 heavy (non-hydrogen) atoms. The standard InChI is InChI=1S/C17H29N3O2/c1-11(20-16(22)10-19-9-15(21)18-2)17-6-12-3-13(7-17)5-14(4-12)8-17/h11-14,19H,3-10H2,1-2H3,(H,18,21)(H,20,22)/p+1/t11-,12?,13?,14?,17?/m0/s1. The van der Waals surface area contributed by atoms with Gasteiger partial charge in [0.2, 0.25) is 0 Å². The highest BCUT2D eigenvalue weighted by Gasteiger charge is 2.53. The van der Waals surface area contributed by atoms with Crippen molar-refractivity contribution >= 4 is 11.8 Å². The number of hydrogen-bond donors (Lipinski definition) is 3. The molecule has 0 unspecified atom stereocenters. The zero-order valence-corrected chi connectivity index (χ0v) is 13.9. The highest BCUT2D eigenvalue weighted by molar-refractivity contribution is 5.78. The topological polar surface area (TPSA) is 74.8 Å². The van der Waals surface area contributed by atoms with Crippen molar-refractivity contribution in [3.05, 3.63) is 0 Å². The molecule has 1 atom stereocenters. The number of carbonyl (C=O) groups is 2. The van der Waals surface area contributed by atoms with Crippen LogP contribution in [0.15, 0.2) is 0 Å². The molecule has 4 N–H and O–H groups in total. The van der Waals surface area contributed by atoms with Gasteiger partial charge in [0.1, 0.15) is 0 Å². The third kappa shape index (κ3) is 3.14. The van der Waals surface area contributed by atoms with Crippen LogP contribution < -0.4 is 16.0 Å². The molecule has 4 rings (SSSR count). The largest absolute Gasteiger partial charge is 0.354 e. The van der Waals surface area contributed by atoms with E-state index in [1.165, 1.54) is 38.5 Å². The number of hydrogen-bond acceptors (Lipinski definition) is 2. The van der Waals surface area contributed by atoms with E-state index in [1.54, 1.807) is 12.4 Å². The van der Waals surface area contributed by atoms with Crippen molar-refractivity contribution < 1.29 is 14.9 Å². The van der Waals surface area contributed by atoms with Gasteiger partial charge in [-0.1, -0.05) is 0 Å². The van der Waals surface area contributed by atoms with Gasteiger partial charge < -0.3 is 16.0 Å². The van der Waals surface area contributed by atoms with Gasteiger partial charge in [-0.05, 0) is 68.6 Å². The minimum Gasteiger partial charge on any atom is -0.354 e. The molecule has 4 saturated carbocycles. The monoisotopic (exact) mass is 308 g/mol. The highest BCUT2D eigenvalue weighted by Crippen LogP contribution is 2.61. The summed E-state index contributed by atoms with van der Waals surface area (Å²) in [6.07, 6.45) is 8.21. The summed E-state index contributed by atoms with van der Waals surface area (Å²) in [6.45, 7) is 2.85. The van der Waals surface area contributed by atoms with E-state index in [9.17, 15) is 9.59 Å². The van der Waals surface area contributed by atoms with Crippen LogP contribution in [0, 0.1) is 23.2 Å². The lowest BCUT2D eigenvalue weighted by atomic mass is 9.48. The maximum Gasteiger partial charge on any atom is 0.275 e. The van der Waals surface area contributed by atoms with Gasteiger partial charge in [-0.2, -0.15) is 0 Å². The Morgan fingerprint density at radius 1 is 1.05 bits per heavy atom. The Kier molecular flexibility index (Phi) is 4.44. The molecule has 2 amide bonds. The third-order valence-corrected chi connectivity index (χ3v) is 6.32. The molecule has 4 aliphatic carbocycles. The molecule has 4 fully saturated rings. The summed E-state index contributed by atoms with van der Waals surface area (Å²) in [5, 5.41) is 7.56. The Morgan fingerprint density at radius 3 is 2.05 bits per heavy atom. The number of amides is 2. The molecule has 4 aliphatic rings. The van der Waals surface area contributed by atoms with Crippen molar-refractivity contribution in [3.63, 3.8) is 0 Å². The second-order valence-corrected chi connectivity index (χ2v) is 7.94. The van der Waals surface area contributed by atoms with Crippen molar-refractivity contribution in [1.29, 1.82) is 0 Å². The van der Waals surface area contributed by atoms with Crippen LogP contribution in [0.4, 0.5) is 0 Å². The van der Waals surface area contributed by atoms with Crippen LogP contribution >= 0.6 is 0 Å². The molecule has 5 nitrogen and oxygen atoms in total. The zero-order chi connectivity index (χ0) is 15.7. The maximum atomic E-state index is 12.1. The number of nitrogens with two attached hydrogens (primary N) is 1. The van der Waals surface area contributed by atoms with Crippen molar-refractivity contribution in [2.45, 2.75) is 51.5 Å². The first-order valence-corrected chi connectivity index (χ1v) is 8.82. The molecule has 0 radical (unpaired) electrons. The summed E-state index contributed by atoms with van der Waals surface area (Å²) >= 11 is 0. The number of quaternary nitrogens is 1. The van der Waals surface area contributed by atoms with E-state index < -0.39 is 0 Å². The van der Waals surface area contributed by atoms with Gasteiger partial charge in [0.25, 0.3) is 11.8 Å². The van der Waals surface area contributed by atoms with Crippen LogP contribution in [-0.2, 0) is 9.59 Å². The van der Waals surface area contributed by atoms with Crippen molar-refractivity contribution in [2.24, 2.45) is 23.2 Å². The SMILES string of the molecule is CNC(=O)C[NH2+]CC(=O)N[C@@H](C)C12CC3CC(CC(C3)C1)C2. The van der Waals surface area contributed by atoms with Gasteiger partial charge >= 0.3 is 0 Å². The number of nitrogens with one attached hydrogen (secondary N) is 2. The minimum absolute atomic E-state index is 0.0399. The fourth-order valence-corrected chi connectivity index (χ4v) is 5.60. The summed E-state index contributed by atoms with van der Waals surface area (Å²) in [4.78, 5) is 23.3. The third-order valence-electron chi connectivity index (χ3n) is 6.32. The Bertz CT molecular complexity index is 414. The molecular formula is C17H30N3O2+. The summed E-state index contributed by atoms with van der Waals surface area (Å²) in [5.74, 6) is 2.75. The molecule has 0 saturated heterocycles. The Morgan fingerprint density at radius 2 is 1.55 bits per heavy atom. The first kappa shape index (κ1) is 15.8. The van der Waals surface area contributed by atoms with Gasteiger partial charge in [-0.3, -0.25) is 9.59 Å². The fraction of sp³-hybridized carbons (Fsp3) is 0.882. The number of likely N-dealkylation sites (N-methyl/N-ethyl adjacent to an activating group) is 1. The molecule has 4 bridgehead atoms. The van der Waals surface area contributed by atoms with Crippen LogP contribution in [0.25, 0.3) is 0 Å². The predicted molar refractivity (Wildman–Crippen MR) is 83.9 cm³/mol. The number of carbonyl (C=O) groups excluding carboxylic acids is 2. The molecule has 0 spiro atoms. The van der Waals surface area contributed by atoms with E-state index in [-0.39, 0.29) is 17.9 Å². The normalized spacial score (nSPS) is 36.9. The smallest absolute Gasteiger partial charge is 0.275 e. The van der Waals surface area contributed by atoms with E-state index in [0.29, 0.717) is 18.5 Å². The Balaban J connectivity index is 1.50. The molecule has 0 aromatic rings. The van der Waals surface area contributed by atoms with Gasteiger partial charge in [0, 0.05) is 13.1 Å². The second kappa shape index (κ2) is 6.19. The maximum absolute atomic E-state index is 12.1. The van der Waals surface area contributed by atoms with Gasteiger partial charge in [0.05, 0.1) is 0 Å². The molecule has 0 aromatic heterocycles.